The van der Waals surface area contributed by atoms with E-state index in [-0.39, 0.29) is 13.1 Å². The van der Waals surface area contributed by atoms with Crippen molar-refractivity contribution in [3.63, 3.8) is 0 Å². The number of rotatable bonds is 9. The molecule has 1 heterocycles. The molecular formula is C21H25B2F2N3O5. The van der Waals surface area contributed by atoms with Gasteiger partial charge < -0.3 is 25.8 Å². The van der Waals surface area contributed by atoms with E-state index in [1.807, 2.05) is 18.2 Å². The number of hydrogen-bond acceptors (Lipinski definition) is 6. The fourth-order valence-electron chi connectivity index (χ4n) is 3.70. The van der Waals surface area contributed by atoms with Gasteiger partial charge in [-0.3, -0.25) is 14.5 Å². The zero-order chi connectivity index (χ0) is 24.3. The van der Waals surface area contributed by atoms with Gasteiger partial charge >= 0.3 is 14.6 Å². The highest BCUT2D eigenvalue weighted by Crippen LogP contribution is 2.19. The van der Waals surface area contributed by atoms with Gasteiger partial charge in [0.25, 0.3) is 5.91 Å². The molecule has 33 heavy (non-hydrogen) atoms. The highest BCUT2D eigenvalue weighted by Gasteiger charge is 2.31. The minimum absolute atomic E-state index is 0.000986. The molecule has 0 atom stereocenters. The van der Waals surface area contributed by atoms with Gasteiger partial charge in [0.2, 0.25) is 5.91 Å². The Bertz CT molecular complexity index is 1070. The van der Waals surface area contributed by atoms with Crippen LogP contribution < -0.4 is 22.0 Å². The summed E-state index contributed by atoms with van der Waals surface area (Å²) in [5, 5.41) is 21.0. The monoisotopic (exact) mass is 459 g/mol. The number of carbonyl (C=O) groups excluding carboxylic acids is 2. The zero-order valence-electron chi connectivity index (χ0n) is 18.4. The minimum Gasteiger partial charge on any atom is -0.430 e. The Hall–Kier alpha value is -2.79. The molecule has 174 valence electrons. The fraction of sp³-hybridized carbons (Fsp3) is 0.333. The highest BCUT2D eigenvalue weighted by atomic mass is 19.1. The number of benzene rings is 2. The molecule has 1 aliphatic rings. The molecule has 0 bridgehead atoms. The lowest BCUT2D eigenvalue weighted by Gasteiger charge is -2.38. The molecule has 2 aromatic rings. The molecule has 0 radical (unpaired) electrons. The highest BCUT2D eigenvalue weighted by molar-refractivity contribution is 6.59. The first-order valence-electron chi connectivity index (χ1n) is 10.3. The Kier molecular flexibility index (Phi) is 7.53. The van der Waals surface area contributed by atoms with Gasteiger partial charge in [-0.25, -0.2) is 8.78 Å². The average Bonchev–Trinajstić information content (AvgIpc) is 3.19. The van der Waals surface area contributed by atoms with Crippen molar-refractivity contribution in [3.8, 4) is 0 Å². The van der Waals surface area contributed by atoms with Gasteiger partial charge in [0.05, 0.1) is 24.2 Å². The maximum absolute atomic E-state index is 14.5. The maximum atomic E-state index is 14.5. The summed E-state index contributed by atoms with van der Waals surface area (Å²) in [6.45, 7) is 4.43. The summed E-state index contributed by atoms with van der Waals surface area (Å²) >= 11 is 0. The summed E-state index contributed by atoms with van der Waals surface area (Å²) in [7, 11) is -1.88. The van der Waals surface area contributed by atoms with Crippen LogP contribution in [0, 0.1) is 11.6 Å². The molecule has 0 saturated heterocycles. The quantitative estimate of drug-likeness (QED) is 0.344. The van der Waals surface area contributed by atoms with Crippen molar-refractivity contribution >= 4 is 37.3 Å². The molecule has 2 aromatic carbocycles. The van der Waals surface area contributed by atoms with E-state index in [1.165, 1.54) is 0 Å². The van der Waals surface area contributed by atoms with E-state index in [0.29, 0.717) is 20.6 Å². The Morgan fingerprint density at radius 2 is 2.00 bits per heavy atom. The molecule has 0 unspecified atom stereocenters. The molecular weight excluding hydrogens is 434 g/mol. The molecule has 12 heteroatoms. The molecule has 3 rings (SSSR count). The first-order valence-corrected chi connectivity index (χ1v) is 10.3. The van der Waals surface area contributed by atoms with Crippen LogP contribution in [0.15, 0.2) is 30.3 Å². The summed E-state index contributed by atoms with van der Waals surface area (Å²) in [5.74, 6) is -3.94. The number of halogens is 2. The summed E-state index contributed by atoms with van der Waals surface area (Å²) in [5.41, 5.74) is 6.25. The van der Waals surface area contributed by atoms with Crippen LogP contribution in [-0.4, -0.2) is 60.0 Å². The Morgan fingerprint density at radius 1 is 1.27 bits per heavy atom. The summed E-state index contributed by atoms with van der Waals surface area (Å²) in [6, 6.07) is 7.62. The summed E-state index contributed by atoms with van der Waals surface area (Å²) < 4.78 is 33.6. The van der Waals surface area contributed by atoms with Crippen LogP contribution in [0.25, 0.3) is 0 Å². The number of carbonyl (C=O) groups is 2. The summed E-state index contributed by atoms with van der Waals surface area (Å²) in [6.07, 6.45) is 0. The smallest absolute Gasteiger partial charge is 0.430 e. The lowest BCUT2D eigenvalue weighted by Crippen LogP contribution is -2.54. The van der Waals surface area contributed by atoms with Crippen LogP contribution in [0.1, 0.15) is 35.3 Å². The van der Waals surface area contributed by atoms with Gasteiger partial charge in [0, 0.05) is 18.6 Å². The number of fused-ring (bicyclic) bond motifs is 1. The molecule has 0 saturated carbocycles. The standard InChI is InChI=1S/C21H25B2F2N3O5/c1-21(2,11-27-20(30)14-5-6-16(24)18(19(14)25)23(31)32)28(9-17(26)29)8-12-3-4-13-10-33-22-15(13)7-12/h3-7,22,31-32H,8-11H2,1-2H3,(H2,26,29)(H,27,30). The van der Waals surface area contributed by atoms with Crippen molar-refractivity contribution in [2.45, 2.75) is 32.5 Å². The predicted octanol–water partition coefficient (Wildman–Crippen LogP) is -1.35. The van der Waals surface area contributed by atoms with Gasteiger partial charge in [-0.05, 0) is 42.6 Å². The fourth-order valence-corrected chi connectivity index (χ4v) is 3.70. The second-order valence-corrected chi connectivity index (χ2v) is 8.61. The van der Waals surface area contributed by atoms with Gasteiger partial charge in [-0.15, -0.1) is 0 Å². The van der Waals surface area contributed by atoms with Crippen LogP contribution in [-0.2, 0) is 22.6 Å². The Labute approximate surface area is 191 Å². The number of nitrogens with zero attached hydrogens (tertiary/aromatic N) is 1. The second-order valence-electron chi connectivity index (χ2n) is 8.61. The maximum Gasteiger partial charge on any atom is 0.494 e. The van der Waals surface area contributed by atoms with Crippen molar-refractivity contribution in [3.05, 3.63) is 58.7 Å². The lowest BCUT2D eigenvalue weighted by molar-refractivity contribution is -0.120. The topological polar surface area (TPSA) is 125 Å². The van der Waals surface area contributed by atoms with Gasteiger partial charge in [-0.2, -0.15) is 0 Å². The van der Waals surface area contributed by atoms with E-state index in [4.69, 9.17) is 10.4 Å². The Balaban J connectivity index is 1.75. The summed E-state index contributed by atoms with van der Waals surface area (Å²) in [4.78, 5) is 26.1. The molecule has 8 nitrogen and oxygen atoms in total. The third kappa shape index (κ3) is 5.77. The number of hydrogen-bond donors (Lipinski definition) is 4. The second kappa shape index (κ2) is 10.0. The molecule has 0 spiro atoms. The van der Waals surface area contributed by atoms with Gasteiger partial charge in [0.15, 0.2) is 0 Å². The first kappa shape index (κ1) is 24.8. The van der Waals surface area contributed by atoms with Crippen molar-refractivity contribution in [2.75, 3.05) is 13.1 Å². The minimum atomic E-state index is -2.40. The van der Waals surface area contributed by atoms with Crippen molar-refractivity contribution in [1.82, 2.24) is 10.2 Å². The number of amides is 2. The zero-order valence-corrected chi connectivity index (χ0v) is 18.4. The van der Waals surface area contributed by atoms with Gasteiger partial charge in [-0.1, -0.05) is 18.2 Å². The van der Waals surface area contributed by atoms with E-state index in [9.17, 15) is 28.4 Å². The van der Waals surface area contributed by atoms with Crippen molar-refractivity contribution in [2.24, 2.45) is 5.73 Å². The van der Waals surface area contributed by atoms with Crippen LogP contribution in [0.3, 0.4) is 0 Å². The van der Waals surface area contributed by atoms with Crippen LogP contribution >= 0.6 is 0 Å². The van der Waals surface area contributed by atoms with E-state index < -0.39 is 47.1 Å². The molecule has 0 aromatic heterocycles. The first-order chi connectivity index (χ1) is 15.5. The number of nitrogens with one attached hydrogen (secondary N) is 1. The molecule has 0 aliphatic carbocycles. The van der Waals surface area contributed by atoms with E-state index in [2.05, 4.69) is 5.32 Å². The number of primary amides is 1. The van der Waals surface area contributed by atoms with Gasteiger partial charge in [0.1, 0.15) is 11.6 Å². The lowest BCUT2D eigenvalue weighted by atomic mass is 9.78. The molecule has 5 N–H and O–H groups in total. The predicted molar refractivity (Wildman–Crippen MR) is 120 cm³/mol. The van der Waals surface area contributed by atoms with Crippen LogP contribution in [0.2, 0.25) is 0 Å². The third-order valence-corrected chi connectivity index (χ3v) is 5.67. The van der Waals surface area contributed by atoms with Crippen molar-refractivity contribution in [1.29, 1.82) is 0 Å². The van der Waals surface area contributed by atoms with E-state index >= 15 is 0 Å². The average molecular weight is 459 g/mol. The van der Waals surface area contributed by atoms with E-state index in [0.717, 1.165) is 28.7 Å². The number of nitrogens with two attached hydrogens (primary N) is 1. The Morgan fingerprint density at radius 3 is 2.67 bits per heavy atom. The van der Waals surface area contributed by atoms with E-state index in [1.54, 1.807) is 18.7 Å². The van der Waals surface area contributed by atoms with Crippen LogP contribution in [0.4, 0.5) is 8.78 Å². The molecule has 1 aliphatic heterocycles. The van der Waals surface area contributed by atoms with Crippen molar-refractivity contribution < 1.29 is 33.1 Å². The molecule has 2 amide bonds. The van der Waals surface area contributed by atoms with Crippen LogP contribution in [0.5, 0.6) is 0 Å². The third-order valence-electron chi connectivity index (χ3n) is 5.67. The SMILES string of the molecule is CC(C)(CNC(=O)c1ccc(F)c(B(O)O)c1F)N(CC(N)=O)Cc1ccc2c(c1)BOC2. The molecule has 0 fully saturated rings. The largest absolute Gasteiger partial charge is 0.494 e. The normalized spacial score (nSPS) is 12.9.